The summed E-state index contributed by atoms with van der Waals surface area (Å²) in [6, 6.07) is 4.36. The van der Waals surface area contributed by atoms with Crippen LogP contribution in [0, 0.1) is 39.0 Å². The first-order valence-corrected chi connectivity index (χ1v) is 10.2. The lowest BCUT2D eigenvalue weighted by atomic mass is 10.1. The number of nitrogens with zero attached hydrogens (tertiary/aromatic N) is 4. The first-order chi connectivity index (χ1) is 12.4. The normalized spacial score (nSPS) is 10.9. The Morgan fingerprint density at radius 3 is 2.62 bits per heavy atom. The van der Waals surface area contributed by atoms with Gasteiger partial charge < -0.3 is 4.42 Å². The summed E-state index contributed by atoms with van der Waals surface area (Å²) in [6.45, 7) is 10.2. The maximum absolute atomic E-state index is 9.46. The van der Waals surface area contributed by atoms with E-state index in [0.29, 0.717) is 28.1 Å². The van der Waals surface area contributed by atoms with Crippen LogP contribution < -0.4 is 0 Å². The molecule has 0 amide bonds. The molecule has 0 fully saturated rings. The van der Waals surface area contributed by atoms with Crippen molar-refractivity contribution in [2.24, 2.45) is 0 Å². The Kier molecular flexibility index (Phi) is 5.44. The van der Waals surface area contributed by atoms with Crippen LogP contribution in [0.5, 0.6) is 0 Å². The van der Waals surface area contributed by atoms with E-state index < -0.39 is 0 Å². The number of hydrogen-bond acceptors (Lipinski definition) is 7. The molecular weight excluding hydrogens is 364 g/mol. The quantitative estimate of drug-likeness (QED) is 0.566. The average Bonchev–Trinajstić information content (AvgIpc) is 3.24. The highest BCUT2D eigenvalue weighted by molar-refractivity contribution is 7.98. The Labute approximate surface area is 161 Å². The third-order valence-electron chi connectivity index (χ3n) is 4.43. The van der Waals surface area contributed by atoms with Crippen LogP contribution in [-0.4, -0.2) is 15.2 Å². The maximum atomic E-state index is 9.46. The largest absolute Gasteiger partial charge is 0.419 e. The fourth-order valence-electron chi connectivity index (χ4n) is 2.67. The van der Waals surface area contributed by atoms with Gasteiger partial charge in [0.25, 0.3) is 5.89 Å². The second-order valence-electron chi connectivity index (χ2n) is 6.10. The topological polar surface area (TPSA) is 75.6 Å². The molecule has 26 heavy (non-hydrogen) atoms. The molecule has 0 aliphatic carbocycles. The van der Waals surface area contributed by atoms with Gasteiger partial charge in [-0.05, 0) is 56.9 Å². The van der Waals surface area contributed by atoms with E-state index in [0.717, 1.165) is 28.1 Å². The first-order valence-electron chi connectivity index (χ1n) is 8.37. The maximum Gasteiger partial charge on any atom is 0.257 e. The van der Waals surface area contributed by atoms with Gasteiger partial charge in [-0.3, -0.25) is 0 Å². The summed E-state index contributed by atoms with van der Waals surface area (Å²) in [7, 11) is 0. The molecule has 3 rings (SSSR count). The smallest absolute Gasteiger partial charge is 0.257 e. The Morgan fingerprint density at radius 1 is 1.19 bits per heavy atom. The molecule has 5 nitrogen and oxygen atoms in total. The van der Waals surface area contributed by atoms with Gasteiger partial charge in [-0.15, -0.1) is 21.5 Å². The van der Waals surface area contributed by atoms with E-state index in [1.807, 2.05) is 20.8 Å². The van der Waals surface area contributed by atoms with Crippen molar-refractivity contribution in [1.82, 2.24) is 15.2 Å². The third kappa shape index (κ3) is 3.53. The molecule has 134 valence electrons. The van der Waals surface area contributed by atoms with Crippen molar-refractivity contribution in [2.75, 3.05) is 0 Å². The molecule has 0 spiro atoms. The lowest BCUT2D eigenvalue weighted by molar-refractivity contribution is 0.529. The molecular formula is C19H20N4OS2. The van der Waals surface area contributed by atoms with Crippen molar-refractivity contribution in [2.45, 2.75) is 51.8 Å². The molecule has 0 atom stereocenters. The zero-order chi connectivity index (χ0) is 18.8. The van der Waals surface area contributed by atoms with Crippen LogP contribution in [0.1, 0.15) is 45.6 Å². The van der Waals surface area contributed by atoms with Crippen LogP contribution in [0.3, 0.4) is 0 Å². The van der Waals surface area contributed by atoms with Gasteiger partial charge in [0.15, 0.2) is 0 Å². The standard InChI is InChI=1S/C19H20N4OS2/c1-6-15-10(2)7-16(26-15)18-23-22-17(24-18)9-25-19-14(8-20)12(4)11(3)13(5)21-19/h7H,6,9H2,1-5H3. The number of pyridine rings is 1. The molecule has 0 radical (unpaired) electrons. The fraction of sp³-hybridized carbons (Fsp3) is 0.368. The van der Waals surface area contributed by atoms with Gasteiger partial charge >= 0.3 is 0 Å². The lowest BCUT2D eigenvalue weighted by Gasteiger charge is -2.10. The molecule has 3 heterocycles. The summed E-state index contributed by atoms with van der Waals surface area (Å²) in [4.78, 5) is 6.90. The number of nitriles is 1. The molecule has 0 aliphatic heterocycles. The molecule has 0 N–H and O–H groups in total. The Bertz CT molecular complexity index is 998. The van der Waals surface area contributed by atoms with E-state index in [2.05, 4.69) is 41.2 Å². The van der Waals surface area contributed by atoms with Crippen molar-refractivity contribution in [3.05, 3.63) is 44.8 Å². The van der Waals surface area contributed by atoms with Gasteiger partial charge in [-0.2, -0.15) is 5.26 Å². The molecule has 3 aromatic rings. The van der Waals surface area contributed by atoms with E-state index >= 15 is 0 Å². The SMILES string of the molecule is CCc1sc(-c2nnc(CSc3nc(C)c(C)c(C)c3C#N)o2)cc1C. The molecule has 0 aromatic carbocycles. The van der Waals surface area contributed by atoms with E-state index in [4.69, 9.17) is 4.42 Å². The van der Waals surface area contributed by atoms with E-state index in [1.54, 1.807) is 11.3 Å². The van der Waals surface area contributed by atoms with Gasteiger partial charge in [0.1, 0.15) is 11.1 Å². The van der Waals surface area contributed by atoms with Gasteiger partial charge in [-0.1, -0.05) is 18.7 Å². The summed E-state index contributed by atoms with van der Waals surface area (Å²) in [5.74, 6) is 1.58. The number of hydrogen-bond donors (Lipinski definition) is 0. The zero-order valence-electron chi connectivity index (χ0n) is 15.5. The Morgan fingerprint density at radius 2 is 1.96 bits per heavy atom. The predicted molar refractivity (Wildman–Crippen MR) is 104 cm³/mol. The molecule has 3 aromatic heterocycles. The second kappa shape index (κ2) is 7.60. The minimum Gasteiger partial charge on any atom is -0.419 e. The molecule has 0 saturated carbocycles. The number of thioether (sulfide) groups is 1. The van der Waals surface area contributed by atoms with Crippen LogP contribution in [0.15, 0.2) is 15.5 Å². The summed E-state index contributed by atoms with van der Waals surface area (Å²) in [5, 5.41) is 18.5. The monoisotopic (exact) mass is 384 g/mol. The lowest BCUT2D eigenvalue weighted by Crippen LogP contribution is -1.99. The number of thiophene rings is 1. The van der Waals surface area contributed by atoms with Gasteiger partial charge in [0.05, 0.1) is 16.2 Å². The van der Waals surface area contributed by atoms with Crippen LogP contribution in [0.25, 0.3) is 10.8 Å². The minimum absolute atomic E-state index is 0.488. The van der Waals surface area contributed by atoms with Crippen molar-refractivity contribution >= 4 is 23.1 Å². The van der Waals surface area contributed by atoms with Crippen LogP contribution in [0.2, 0.25) is 0 Å². The highest BCUT2D eigenvalue weighted by atomic mass is 32.2. The first kappa shape index (κ1) is 18.6. The molecule has 0 bridgehead atoms. The van der Waals surface area contributed by atoms with Crippen molar-refractivity contribution in [1.29, 1.82) is 5.26 Å². The van der Waals surface area contributed by atoms with E-state index in [-0.39, 0.29) is 0 Å². The third-order valence-corrected chi connectivity index (χ3v) is 6.76. The summed E-state index contributed by atoms with van der Waals surface area (Å²) in [5.41, 5.74) is 4.87. The van der Waals surface area contributed by atoms with Gasteiger partial charge in [0.2, 0.25) is 5.89 Å². The van der Waals surface area contributed by atoms with E-state index in [1.165, 1.54) is 22.2 Å². The van der Waals surface area contributed by atoms with Crippen LogP contribution in [0.4, 0.5) is 0 Å². The number of rotatable bonds is 5. The fourth-order valence-corrected chi connectivity index (χ4v) is 4.62. The van der Waals surface area contributed by atoms with Gasteiger partial charge in [0, 0.05) is 10.6 Å². The minimum atomic E-state index is 0.488. The number of aryl methyl sites for hydroxylation is 3. The Balaban J connectivity index is 1.80. The van der Waals surface area contributed by atoms with Gasteiger partial charge in [-0.25, -0.2) is 4.98 Å². The zero-order valence-corrected chi connectivity index (χ0v) is 17.1. The highest BCUT2D eigenvalue weighted by Gasteiger charge is 2.16. The highest BCUT2D eigenvalue weighted by Crippen LogP contribution is 2.32. The molecule has 0 aliphatic rings. The summed E-state index contributed by atoms with van der Waals surface area (Å²) < 4.78 is 5.82. The van der Waals surface area contributed by atoms with Crippen molar-refractivity contribution in [3.63, 3.8) is 0 Å². The molecule has 0 saturated heterocycles. The van der Waals surface area contributed by atoms with Crippen LogP contribution >= 0.6 is 23.1 Å². The van der Waals surface area contributed by atoms with Crippen LogP contribution in [-0.2, 0) is 12.2 Å². The number of aromatic nitrogens is 3. The average molecular weight is 385 g/mol. The molecule has 7 heteroatoms. The second-order valence-corrected chi connectivity index (χ2v) is 8.20. The Hall–Kier alpha value is -2.17. The molecule has 0 unspecified atom stereocenters. The van der Waals surface area contributed by atoms with Crippen molar-refractivity contribution in [3.8, 4) is 16.8 Å². The summed E-state index contributed by atoms with van der Waals surface area (Å²) >= 11 is 3.15. The van der Waals surface area contributed by atoms with Crippen molar-refractivity contribution < 1.29 is 4.42 Å². The summed E-state index contributed by atoms with van der Waals surface area (Å²) in [6.07, 6.45) is 1.00. The van der Waals surface area contributed by atoms with E-state index in [9.17, 15) is 5.26 Å². The predicted octanol–water partition coefficient (Wildman–Crippen LogP) is 5.15.